The fraction of sp³-hybridized carbons (Fsp3) is 0.167. The summed E-state index contributed by atoms with van der Waals surface area (Å²) in [6.07, 6.45) is 0. The van der Waals surface area contributed by atoms with Crippen LogP contribution in [0.3, 0.4) is 0 Å². The zero-order valence-electron chi connectivity index (χ0n) is 15.0. The van der Waals surface area contributed by atoms with Crippen LogP contribution in [0.5, 0.6) is 0 Å². The van der Waals surface area contributed by atoms with Gasteiger partial charge >= 0.3 is 0 Å². The highest BCUT2D eigenvalue weighted by Crippen LogP contribution is 2.24. The van der Waals surface area contributed by atoms with Crippen molar-refractivity contribution in [1.82, 2.24) is 14.9 Å². The molecule has 0 radical (unpaired) electrons. The van der Waals surface area contributed by atoms with E-state index in [2.05, 4.69) is 20.2 Å². The van der Waals surface area contributed by atoms with E-state index in [4.69, 9.17) is 11.6 Å². The predicted molar refractivity (Wildman–Crippen MR) is 109 cm³/mol. The molecule has 3 rings (SSSR count). The smallest absolute Gasteiger partial charge is 0.270 e. The molecule has 0 bridgehead atoms. The van der Waals surface area contributed by atoms with Crippen molar-refractivity contribution >= 4 is 44.0 Å². The zero-order chi connectivity index (χ0) is 20.3. The molecular formula is C18H17ClN4O3S2. The third kappa shape index (κ3) is 4.74. The average Bonchev–Trinajstić information content (AvgIpc) is 3.11. The summed E-state index contributed by atoms with van der Waals surface area (Å²) >= 11 is 6.75. The van der Waals surface area contributed by atoms with Gasteiger partial charge < -0.3 is 0 Å². The molecule has 0 aliphatic heterocycles. The van der Waals surface area contributed by atoms with Crippen molar-refractivity contribution in [2.24, 2.45) is 0 Å². The summed E-state index contributed by atoms with van der Waals surface area (Å²) < 4.78 is 27.5. The van der Waals surface area contributed by atoms with Crippen LogP contribution < -0.4 is 10.0 Å². The lowest BCUT2D eigenvalue weighted by molar-refractivity contribution is 0.102. The summed E-state index contributed by atoms with van der Waals surface area (Å²) in [5.41, 5.74) is 2.17. The molecule has 0 fully saturated rings. The number of aromatic nitrogens is 2. The number of rotatable bonds is 6. The molecule has 1 aromatic heterocycles. The molecule has 0 saturated carbocycles. The van der Waals surface area contributed by atoms with Crippen molar-refractivity contribution in [3.05, 3.63) is 70.2 Å². The molecule has 10 heteroatoms. The standard InChI is InChI=1S/C18H17ClN4O3S2/c1-11-7-9-13(10-8-11)12(2)23-28(25,26)18-22-21-17(27-18)20-16(24)14-5-3-4-6-15(14)19/h3-10,12,23H,1-2H3,(H,20,21,24). The van der Waals surface area contributed by atoms with Gasteiger partial charge in [0.25, 0.3) is 15.9 Å². The van der Waals surface area contributed by atoms with Crippen LogP contribution in [0.15, 0.2) is 52.9 Å². The number of nitrogens with zero attached hydrogens (tertiary/aromatic N) is 2. The number of halogens is 1. The number of hydrogen-bond donors (Lipinski definition) is 2. The minimum atomic E-state index is -3.89. The summed E-state index contributed by atoms with van der Waals surface area (Å²) in [7, 11) is -3.89. The van der Waals surface area contributed by atoms with E-state index < -0.39 is 22.0 Å². The average molecular weight is 437 g/mol. The molecule has 1 heterocycles. The number of amides is 1. The number of carbonyl (C=O) groups excluding carboxylic acids is 1. The Balaban J connectivity index is 1.72. The Morgan fingerprint density at radius 1 is 1.11 bits per heavy atom. The quantitative estimate of drug-likeness (QED) is 0.572. The molecule has 1 unspecified atom stereocenters. The first-order valence-corrected chi connectivity index (χ1v) is 10.9. The van der Waals surface area contributed by atoms with E-state index in [0.717, 1.165) is 22.5 Å². The molecule has 0 saturated heterocycles. The molecule has 1 atom stereocenters. The van der Waals surface area contributed by atoms with Crippen LogP contribution in [0.2, 0.25) is 5.02 Å². The molecule has 0 aliphatic rings. The summed E-state index contributed by atoms with van der Waals surface area (Å²) in [4.78, 5) is 12.3. The van der Waals surface area contributed by atoms with Crippen LogP contribution in [0.25, 0.3) is 0 Å². The van der Waals surface area contributed by atoms with Crippen LogP contribution >= 0.6 is 22.9 Å². The Morgan fingerprint density at radius 3 is 2.46 bits per heavy atom. The van der Waals surface area contributed by atoms with Gasteiger partial charge in [0.2, 0.25) is 9.47 Å². The first-order valence-electron chi connectivity index (χ1n) is 8.24. The molecule has 2 aromatic carbocycles. The van der Waals surface area contributed by atoms with E-state index in [1.807, 2.05) is 31.2 Å². The molecule has 0 spiro atoms. The molecule has 28 heavy (non-hydrogen) atoms. The Bertz CT molecular complexity index is 1100. The maximum atomic E-state index is 12.6. The first kappa shape index (κ1) is 20.4. The number of nitrogens with one attached hydrogen (secondary N) is 2. The molecule has 0 aliphatic carbocycles. The monoisotopic (exact) mass is 436 g/mol. The van der Waals surface area contributed by atoms with Crippen molar-refractivity contribution in [3.8, 4) is 0 Å². The van der Waals surface area contributed by atoms with E-state index in [0.29, 0.717) is 0 Å². The predicted octanol–water partition coefficient (Wildman–Crippen LogP) is 3.79. The molecule has 146 valence electrons. The highest BCUT2D eigenvalue weighted by atomic mass is 35.5. The van der Waals surface area contributed by atoms with E-state index in [1.165, 1.54) is 0 Å². The maximum Gasteiger partial charge on any atom is 0.270 e. The topological polar surface area (TPSA) is 101 Å². The van der Waals surface area contributed by atoms with Gasteiger partial charge in [0.1, 0.15) is 0 Å². The van der Waals surface area contributed by atoms with E-state index in [-0.39, 0.29) is 20.1 Å². The molecule has 7 nitrogen and oxygen atoms in total. The Morgan fingerprint density at radius 2 is 1.79 bits per heavy atom. The SMILES string of the molecule is Cc1ccc(C(C)NS(=O)(=O)c2nnc(NC(=O)c3ccccc3Cl)s2)cc1. The lowest BCUT2D eigenvalue weighted by atomic mass is 10.1. The summed E-state index contributed by atoms with van der Waals surface area (Å²) in [6, 6.07) is 13.6. The number of anilines is 1. The minimum absolute atomic E-state index is 0.0632. The highest BCUT2D eigenvalue weighted by molar-refractivity contribution is 7.91. The third-order valence-corrected chi connectivity index (χ3v) is 6.96. The van der Waals surface area contributed by atoms with Crippen molar-refractivity contribution < 1.29 is 13.2 Å². The Labute approximate surface area is 171 Å². The second-order valence-electron chi connectivity index (χ2n) is 6.06. The fourth-order valence-electron chi connectivity index (χ4n) is 2.38. The van der Waals surface area contributed by atoms with Gasteiger partial charge in [-0.2, -0.15) is 0 Å². The Hall–Kier alpha value is -2.33. The fourth-order valence-corrected chi connectivity index (χ4v) is 4.75. The lowest BCUT2D eigenvalue weighted by Gasteiger charge is -2.13. The lowest BCUT2D eigenvalue weighted by Crippen LogP contribution is -2.26. The van der Waals surface area contributed by atoms with Gasteiger partial charge in [-0.05, 0) is 31.5 Å². The number of carbonyl (C=O) groups is 1. The van der Waals surface area contributed by atoms with Gasteiger partial charge in [-0.15, -0.1) is 10.2 Å². The largest absolute Gasteiger partial charge is 0.296 e. The number of sulfonamides is 1. The van der Waals surface area contributed by atoms with Gasteiger partial charge in [-0.1, -0.05) is 64.9 Å². The van der Waals surface area contributed by atoms with Gasteiger partial charge in [-0.3, -0.25) is 10.1 Å². The van der Waals surface area contributed by atoms with Crippen LogP contribution in [0, 0.1) is 6.92 Å². The minimum Gasteiger partial charge on any atom is -0.296 e. The van der Waals surface area contributed by atoms with Crippen molar-refractivity contribution in [2.45, 2.75) is 24.2 Å². The van der Waals surface area contributed by atoms with Gasteiger partial charge in [-0.25, -0.2) is 13.1 Å². The number of benzene rings is 2. The van der Waals surface area contributed by atoms with Gasteiger partial charge in [0.15, 0.2) is 0 Å². The number of hydrogen-bond acceptors (Lipinski definition) is 6. The third-order valence-electron chi connectivity index (χ3n) is 3.88. The van der Waals surface area contributed by atoms with Crippen LogP contribution in [0.4, 0.5) is 5.13 Å². The summed E-state index contributed by atoms with van der Waals surface area (Å²) in [5, 5.41) is 10.3. The second kappa shape index (κ2) is 8.36. The van der Waals surface area contributed by atoms with Gasteiger partial charge in [0.05, 0.1) is 10.6 Å². The van der Waals surface area contributed by atoms with Crippen molar-refractivity contribution in [1.29, 1.82) is 0 Å². The zero-order valence-corrected chi connectivity index (χ0v) is 17.4. The van der Waals surface area contributed by atoms with Crippen LogP contribution in [0.1, 0.15) is 34.5 Å². The van der Waals surface area contributed by atoms with Crippen LogP contribution in [-0.2, 0) is 10.0 Å². The van der Waals surface area contributed by atoms with Crippen molar-refractivity contribution in [2.75, 3.05) is 5.32 Å². The molecule has 1 amide bonds. The summed E-state index contributed by atoms with van der Waals surface area (Å²) in [6.45, 7) is 3.70. The maximum absolute atomic E-state index is 12.6. The normalized spacial score (nSPS) is 12.5. The molecule has 2 N–H and O–H groups in total. The highest BCUT2D eigenvalue weighted by Gasteiger charge is 2.24. The molecular weight excluding hydrogens is 420 g/mol. The summed E-state index contributed by atoms with van der Waals surface area (Å²) in [5.74, 6) is -0.494. The van der Waals surface area contributed by atoms with E-state index >= 15 is 0 Å². The van der Waals surface area contributed by atoms with E-state index in [1.54, 1.807) is 31.2 Å². The molecule has 3 aromatic rings. The van der Waals surface area contributed by atoms with Crippen molar-refractivity contribution in [3.63, 3.8) is 0 Å². The first-order chi connectivity index (χ1) is 13.3. The Kier molecular flexibility index (Phi) is 6.09. The van der Waals surface area contributed by atoms with E-state index in [9.17, 15) is 13.2 Å². The van der Waals surface area contributed by atoms with Gasteiger partial charge in [0, 0.05) is 6.04 Å². The second-order valence-corrected chi connectivity index (χ2v) is 9.33. The number of aryl methyl sites for hydroxylation is 1. The van der Waals surface area contributed by atoms with Crippen LogP contribution in [-0.4, -0.2) is 24.5 Å².